The van der Waals surface area contributed by atoms with E-state index in [1.165, 1.54) is 13.1 Å². The van der Waals surface area contributed by atoms with E-state index in [0.717, 1.165) is 11.3 Å². The molecule has 0 heterocycles. The second-order valence-electron chi connectivity index (χ2n) is 4.74. The van der Waals surface area contributed by atoms with Crippen LogP contribution in [0.2, 0.25) is 0 Å². The molecule has 4 N–H and O–H groups in total. The van der Waals surface area contributed by atoms with Gasteiger partial charge in [0.05, 0.1) is 5.69 Å². The zero-order chi connectivity index (χ0) is 15.5. The fourth-order valence-electron chi connectivity index (χ4n) is 2.07. The van der Waals surface area contributed by atoms with Crippen LogP contribution in [0.5, 0.6) is 0 Å². The Morgan fingerprint density at radius 3 is 2.33 bits per heavy atom. The van der Waals surface area contributed by atoms with Crippen molar-refractivity contribution in [1.82, 2.24) is 4.72 Å². The molecule has 0 spiro atoms. The number of hydrogen-bond donors (Lipinski definition) is 3. The highest BCUT2D eigenvalue weighted by Crippen LogP contribution is 2.25. The first-order valence-corrected chi connectivity index (χ1v) is 8.07. The van der Waals surface area contributed by atoms with Crippen LogP contribution in [0, 0.1) is 0 Å². The van der Waals surface area contributed by atoms with Crippen molar-refractivity contribution in [2.24, 2.45) is 0 Å². The van der Waals surface area contributed by atoms with E-state index >= 15 is 0 Å². The summed E-state index contributed by atoms with van der Waals surface area (Å²) in [4.78, 5) is 0.0860. The van der Waals surface area contributed by atoms with Gasteiger partial charge in [0.25, 0.3) is 0 Å². The van der Waals surface area contributed by atoms with Crippen molar-refractivity contribution >= 4 is 21.4 Å². The van der Waals surface area contributed by atoms with Gasteiger partial charge in [0, 0.05) is 11.7 Å². The van der Waals surface area contributed by atoms with Crippen LogP contribution in [0.15, 0.2) is 53.4 Å². The molecule has 0 amide bonds. The minimum atomic E-state index is -3.53. The summed E-state index contributed by atoms with van der Waals surface area (Å²) in [5.74, 6) is 0. The summed E-state index contributed by atoms with van der Waals surface area (Å²) < 4.78 is 25.8. The average molecular weight is 305 g/mol. The van der Waals surface area contributed by atoms with Crippen LogP contribution in [0.1, 0.15) is 18.5 Å². The normalized spacial score (nSPS) is 12.9. The third-order valence-corrected chi connectivity index (χ3v) is 4.74. The molecule has 1 unspecified atom stereocenters. The van der Waals surface area contributed by atoms with Gasteiger partial charge in [-0.3, -0.25) is 0 Å². The number of sulfonamides is 1. The first-order valence-electron chi connectivity index (χ1n) is 6.58. The third-order valence-electron chi connectivity index (χ3n) is 3.25. The second-order valence-corrected chi connectivity index (χ2v) is 6.59. The zero-order valence-electron chi connectivity index (χ0n) is 12.0. The molecule has 1 atom stereocenters. The molecule has 6 heteroatoms. The van der Waals surface area contributed by atoms with Crippen molar-refractivity contribution in [3.8, 4) is 0 Å². The van der Waals surface area contributed by atoms with Crippen LogP contribution < -0.4 is 15.8 Å². The fraction of sp³-hybridized carbons (Fsp3) is 0.200. The van der Waals surface area contributed by atoms with Gasteiger partial charge in [-0.2, -0.15) is 0 Å². The molecule has 0 aliphatic rings. The number of benzene rings is 2. The number of anilines is 2. The van der Waals surface area contributed by atoms with Gasteiger partial charge in [-0.05, 0) is 37.7 Å². The lowest BCUT2D eigenvalue weighted by atomic mass is 10.1. The smallest absolute Gasteiger partial charge is 0.242 e. The summed E-state index contributed by atoms with van der Waals surface area (Å²) >= 11 is 0. The molecule has 0 aromatic heterocycles. The van der Waals surface area contributed by atoms with E-state index in [1.54, 1.807) is 12.1 Å². The van der Waals surface area contributed by atoms with Crippen molar-refractivity contribution in [1.29, 1.82) is 0 Å². The quantitative estimate of drug-likeness (QED) is 0.740. The molecule has 0 saturated carbocycles. The van der Waals surface area contributed by atoms with Gasteiger partial charge in [-0.25, -0.2) is 13.1 Å². The Morgan fingerprint density at radius 1 is 1.10 bits per heavy atom. The maximum Gasteiger partial charge on any atom is 0.242 e. The van der Waals surface area contributed by atoms with Crippen LogP contribution in [-0.4, -0.2) is 15.5 Å². The summed E-state index contributed by atoms with van der Waals surface area (Å²) in [5.41, 5.74) is 7.97. The lowest BCUT2D eigenvalue weighted by Crippen LogP contribution is -2.20. The summed E-state index contributed by atoms with van der Waals surface area (Å²) in [6.07, 6.45) is 0. The van der Waals surface area contributed by atoms with E-state index in [0.29, 0.717) is 0 Å². The van der Waals surface area contributed by atoms with Crippen LogP contribution in [0.4, 0.5) is 11.4 Å². The topological polar surface area (TPSA) is 84.2 Å². The molecule has 0 saturated heterocycles. The molecule has 0 aliphatic carbocycles. The Morgan fingerprint density at radius 2 is 1.76 bits per heavy atom. The Kier molecular flexibility index (Phi) is 4.50. The molecular formula is C15H19N3O2S. The maximum absolute atomic E-state index is 11.8. The predicted molar refractivity (Wildman–Crippen MR) is 85.6 cm³/mol. The SMILES string of the molecule is CNS(=O)(=O)c1ccc(NC(C)c2ccccc2)cc1N. The van der Waals surface area contributed by atoms with Gasteiger partial charge in [-0.1, -0.05) is 30.3 Å². The third kappa shape index (κ3) is 3.53. The van der Waals surface area contributed by atoms with Crippen LogP contribution >= 0.6 is 0 Å². The number of rotatable bonds is 5. The van der Waals surface area contributed by atoms with Crippen molar-refractivity contribution in [3.05, 3.63) is 54.1 Å². The summed E-state index contributed by atoms with van der Waals surface area (Å²) in [6.45, 7) is 2.03. The van der Waals surface area contributed by atoms with Crippen molar-refractivity contribution in [2.75, 3.05) is 18.1 Å². The van der Waals surface area contributed by atoms with Gasteiger partial charge in [-0.15, -0.1) is 0 Å². The Balaban J connectivity index is 2.22. The molecule has 2 rings (SSSR count). The Hall–Kier alpha value is -2.05. The highest BCUT2D eigenvalue weighted by molar-refractivity contribution is 7.89. The fourth-order valence-corrected chi connectivity index (χ4v) is 2.90. The molecule has 0 fully saturated rings. The molecule has 21 heavy (non-hydrogen) atoms. The van der Waals surface area contributed by atoms with E-state index < -0.39 is 10.0 Å². The van der Waals surface area contributed by atoms with E-state index in [2.05, 4.69) is 10.0 Å². The highest BCUT2D eigenvalue weighted by Gasteiger charge is 2.15. The van der Waals surface area contributed by atoms with Crippen molar-refractivity contribution in [3.63, 3.8) is 0 Å². The van der Waals surface area contributed by atoms with Crippen molar-refractivity contribution < 1.29 is 8.42 Å². The van der Waals surface area contributed by atoms with Crippen molar-refractivity contribution in [2.45, 2.75) is 17.9 Å². The van der Waals surface area contributed by atoms with E-state index in [-0.39, 0.29) is 16.6 Å². The summed E-state index contributed by atoms with van der Waals surface area (Å²) in [6, 6.07) is 14.9. The minimum Gasteiger partial charge on any atom is -0.398 e. The van der Waals surface area contributed by atoms with Gasteiger partial charge in [0.2, 0.25) is 10.0 Å². The number of nitrogens with one attached hydrogen (secondary N) is 2. The van der Waals surface area contributed by atoms with Crippen LogP contribution in [0.25, 0.3) is 0 Å². The Labute approximate surface area is 125 Å². The summed E-state index contributed by atoms with van der Waals surface area (Å²) in [5, 5.41) is 3.30. The van der Waals surface area contributed by atoms with Crippen LogP contribution in [-0.2, 0) is 10.0 Å². The first kappa shape index (κ1) is 15.3. The van der Waals surface area contributed by atoms with Gasteiger partial charge < -0.3 is 11.1 Å². The standard InChI is InChI=1S/C15H19N3O2S/c1-11(12-6-4-3-5-7-12)18-13-8-9-15(14(16)10-13)21(19,20)17-2/h3-11,17-18H,16H2,1-2H3. The molecule has 0 radical (unpaired) electrons. The monoisotopic (exact) mass is 305 g/mol. The number of hydrogen-bond acceptors (Lipinski definition) is 4. The molecule has 2 aromatic carbocycles. The molecule has 5 nitrogen and oxygen atoms in total. The lowest BCUT2D eigenvalue weighted by molar-refractivity contribution is 0.588. The summed E-state index contributed by atoms with van der Waals surface area (Å²) in [7, 11) is -2.17. The first-order chi connectivity index (χ1) is 9.94. The number of nitrogens with two attached hydrogens (primary N) is 1. The molecule has 0 bridgehead atoms. The largest absolute Gasteiger partial charge is 0.398 e. The van der Waals surface area contributed by atoms with Gasteiger partial charge >= 0.3 is 0 Å². The maximum atomic E-state index is 11.8. The van der Waals surface area contributed by atoms with E-state index in [9.17, 15) is 8.42 Å². The highest BCUT2D eigenvalue weighted by atomic mass is 32.2. The Bertz CT molecular complexity index is 715. The zero-order valence-corrected chi connectivity index (χ0v) is 12.8. The van der Waals surface area contributed by atoms with Crippen LogP contribution in [0.3, 0.4) is 0 Å². The second kappa shape index (κ2) is 6.15. The van der Waals surface area contributed by atoms with E-state index in [4.69, 9.17) is 5.73 Å². The molecule has 0 aliphatic heterocycles. The minimum absolute atomic E-state index is 0.0860. The molecular weight excluding hydrogens is 286 g/mol. The lowest BCUT2D eigenvalue weighted by Gasteiger charge is -2.17. The number of nitrogen functional groups attached to an aromatic ring is 1. The predicted octanol–water partition coefficient (Wildman–Crippen LogP) is 2.35. The molecule has 2 aromatic rings. The van der Waals surface area contributed by atoms with E-state index in [1.807, 2.05) is 37.3 Å². The average Bonchev–Trinajstić information content (AvgIpc) is 2.48. The molecule has 112 valence electrons. The van der Waals surface area contributed by atoms with Gasteiger partial charge in [0.1, 0.15) is 4.90 Å². The van der Waals surface area contributed by atoms with Gasteiger partial charge in [0.15, 0.2) is 0 Å².